The maximum absolute atomic E-state index is 13.7. The van der Waals surface area contributed by atoms with Crippen molar-refractivity contribution in [1.82, 2.24) is 14.5 Å². The van der Waals surface area contributed by atoms with Gasteiger partial charge in [-0.3, -0.25) is 14.2 Å². The fourth-order valence-electron chi connectivity index (χ4n) is 4.09. The number of aromatic nitrogens is 2. The van der Waals surface area contributed by atoms with Crippen molar-refractivity contribution >= 4 is 40.2 Å². The smallest absolute Gasteiger partial charge is 0.266 e. The minimum absolute atomic E-state index is 0.0343. The average Bonchev–Trinajstić information content (AvgIpc) is 2.89. The molecule has 3 aromatic carbocycles. The van der Waals surface area contributed by atoms with E-state index in [1.54, 1.807) is 34.7 Å². The van der Waals surface area contributed by atoms with Gasteiger partial charge in [0.15, 0.2) is 5.16 Å². The molecule has 2 atom stereocenters. The normalized spacial score (nSPS) is 12.9. The van der Waals surface area contributed by atoms with Crippen LogP contribution in [0.4, 0.5) is 0 Å². The number of hydrogen-bond acceptors (Lipinski definition) is 4. The summed E-state index contributed by atoms with van der Waals surface area (Å²) >= 11 is 7.48. The van der Waals surface area contributed by atoms with Crippen LogP contribution in [0, 0.1) is 0 Å². The second-order valence-corrected chi connectivity index (χ2v) is 10.8. The molecule has 36 heavy (non-hydrogen) atoms. The van der Waals surface area contributed by atoms with Gasteiger partial charge in [-0.15, -0.1) is 0 Å². The van der Waals surface area contributed by atoms with E-state index in [-0.39, 0.29) is 11.5 Å². The Labute approximate surface area is 221 Å². The topological polar surface area (TPSA) is 55.2 Å². The van der Waals surface area contributed by atoms with E-state index in [1.807, 2.05) is 49.4 Å². The third kappa shape index (κ3) is 5.66. The molecule has 0 aliphatic rings. The van der Waals surface area contributed by atoms with Crippen LogP contribution in [0.15, 0.2) is 82.7 Å². The molecule has 4 aromatic rings. The fraction of sp³-hybridized carbons (Fsp3) is 0.276. The maximum Gasteiger partial charge on any atom is 0.266 e. The highest BCUT2D eigenvalue weighted by Gasteiger charge is 2.23. The number of nitrogens with zero attached hydrogens (tertiary/aromatic N) is 3. The molecule has 0 bridgehead atoms. The molecule has 1 heterocycles. The van der Waals surface area contributed by atoms with Gasteiger partial charge in [0.05, 0.1) is 21.8 Å². The second kappa shape index (κ2) is 11.3. The largest absolute Gasteiger partial charge is 0.340 e. The predicted molar refractivity (Wildman–Crippen MR) is 149 cm³/mol. The molecule has 0 saturated carbocycles. The van der Waals surface area contributed by atoms with Crippen molar-refractivity contribution < 1.29 is 4.79 Å². The van der Waals surface area contributed by atoms with Crippen molar-refractivity contribution in [2.24, 2.45) is 0 Å². The number of carbonyl (C=O) groups is 1. The van der Waals surface area contributed by atoms with Crippen LogP contribution in [0.2, 0.25) is 5.02 Å². The minimum Gasteiger partial charge on any atom is -0.340 e. The van der Waals surface area contributed by atoms with Crippen LogP contribution in [0.25, 0.3) is 16.6 Å². The number of rotatable bonds is 8. The summed E-state index contributed by atoms with van der Waals surface area (Å²) in [6, 6.07) is 23.0. The SMILES string of the molecule is CC[C@H](C)c1ccc(-n2c(S[C@@H](C)C(=O)N(C)Cc3ccccc3)nc3ccc(Cl)cc3c2=O)cc1. The molecule has 0 unspecified atom stereocenters. The number of hydrogen-bond donors (Lipinski definition) is 0. The Morgan fingerprint density at radius 1 is 1.06 bits per heavy atom. The van der Waals surface area contributed by atoms with Gasteiger partial charge >= 0.3 is 0 Å². The lowest BCUT2D eigenvalue weighted by molar-refractivity contribution is -0.129. The summed E-state index contributed by atoms with van der Waals surface area (Å²) in [6.45, 7) is 6.70. The summed E-state index contributed by atoms with van der Waals surface area (Å²) < 4.78 is 1.59. The van der Waals surface area contributed by atoms with Crippen LogP contribution in [-0.2, 0) is 11.3 Å². The van der Waals surface area contributed by atoms with Gasteiger partial charge < -0.3 is 4.90 Å². The van der Waals surface area contributed by atoms with Crippen molar-refractivity contribution in [3.63, 3.8) is 0 Å². The number of amides is 1. The second-order valence-electron chi connectivity index (χ2n) is 9.04. The molecular weight excluding hydrogens is 490 g/mol. The number of thioether (sulfide) groups is 1. The molecule has 0 aliphatic heterocycles. The highest BCUT2D eigenvalue weighted by atomic mass is 35.5. The predicted octanol–water partition coefficient (Wildman–Crippen LogP) is 6.69. The molecule has 1 amide bonds. The molecule has 1 aromatic heterocycles. The Morgan fingerprint density at radius 2 is 1.75 bits per heavy atom. The van der Waals surface area contributed by atoms with E-state index in [4.69, 9.17) is 16.6 Å². The van der Waals surface area contributed by atoms with Gasteiger partial charge in [-0.2, -0.15) is 0 Å². The molecule has 5 nitrogen and oxygen atoms in total. The first-order chi connectivity index (χ1) is 17.3. The Balaban J connectivity index is 1.71. The Kier molecular flexibility index (Phi) is 8.17. The summed E-state index contributed by atoms with van der Waals surface area (Å²) in [4.78, 5) is 33.4. The Bertz CT molecular complexity index is 1420. The maximum atomic E-state index is 13.7. The first kappa shape index (κ1) is 26.0. The van der Waals surface area contributed by atoms with Crippen molar-refractivity contribution in [3.8, 4) is 5.69 Å². The van der Waals surface area contributed by atoms with Gasteiger partial charge in [0, 0.05) is 18.6 Å². The molecular formula is C29H30ClN3O2S. The van der Waals surface area contributed by atoms with Gasteiger partial charge in [-0.05, 0) is 60.7 Å². The van der Waals surface area contributed by atoms with Crippen molar-refractivity contribution in [2.75, 3.05) is 7.05 Å². The van der Waals surface area contributed by atoms with Crippen LogP contribution in [-0.4, -0.2) is 32.7 Å². The average molecular weight is 520 g/mol. The number of fused-ring (bicyclic) bond motifs is 1. The zero-order valence-electron chi connectivity index (χ0n) is 20.9. The molecule has 0 aliphatic carbocycles. The fourth-order valence-corrected chi connectivity index (χ4v) is 5.30. The highest BCUT2D eigenvalue weighted by molar-refractivity contribution is 8.00. The van der Waals surface area contributed by atoms with Gasteiger partial charge in [0.2, 0.25) is 5.91 Å². The summed E-state index contributed by atoms with van der Waals surface area (Å²) in [5, 5.41) is 0.950. The molecule has 0 spiro atoms. The van der Waals surface area contributed by atoms with E-state index in [2.05, 4.69) is 26.0 Å². The van der Waals surface area contributed by atoms with Crippen LogP contribution in [0.5, 0.6) is 0 Å². The molecule has 0 radical (unpaired) electrons. The van der Waals surface area contributed by atoms with Gasteiger partial charge in [0.1, 0.15) is 0 Å². The lowest BCUT2D eigenvalue weighted by Gasteiger charge is -2.22. The highest BCUT2D eigenvalue weighted by Crippen LogP contribution is 2.28. The third-order valence-corrected chi connectivity index (χ3v) is 7.68. The van der Waals surface area contributed by atoms with Gasteiger partial charge in [-0.25, -0.2) is 4.98 Å². The first-order valence-corrected chi connectivity index (χ1v) is 13.3. The van der Waals surface area contributed by atoms with Crippen LogP contribution in [0.1, 0.15) is 44.2 Å². The molecule has 0 N–H and O–H groups in total. The lowest BCUT2D eigenvalue weighted by atomic mass is 9.98. The number of carbonyl (C=O) groups excluding carboxylic acids is 1. The summed E-state index contributed by atoms with van der Waals surface area (Å²) in [5.41, 5.74) is 3.33. The molecule has 7 heteroatoms. The lowest BCUT2D eigenvalue weighted by Crippen LogP contribution is -2.33. The van der Waals surface area contributed by atoms with E-state index in [9.17, 15) is 9.59 Å². The van der Waals surface area contributed by atoms with Crippen LogP contribution < -0.4 is 5.56 Å². The van der Waals surface area contributed by atoms with Gasteiger partial charge in [0.25, 0.3) is 5.56 Å². The van der Waals surface area contributed by atoms with E-state index < -0.39 is 5.25 Å². The molecule has 186 valence electrons. The van der Waals surface area contributed by atoms with Crippen molar-refractivity contribution in [1.29, 1.82) is 0 Å². The molecule has 4 rings (SSSR count). The zero-order chi connectivity index (χ0) is 25.8. The monoisotopic (exact) mass is 519 g/mol. The van der Waals surface area contributed by atoms with Crippen molar-refractivity contribution in [2.45, 2.75) is 50.1 Å². The third-order valence-electron chi connectivity index (χ3n) is 6.40. The quantitative estimate of drug-likeness (QED) is 0.192. The molecule has 0 fully saturated rings. The first-order valence-electron chi connectivity index (χ1n) is 12.1. The van der Waals surface area contributed by atoms with Gasteiger partial charge in [-0.1, -0.05) is 79.7 Å². The summed E-state index contributed by atoms with van der Waals surface area (Å²) in [7, 11) is 1.79. The van der Waals surface area contributed by atoms with Crippen LogP contribution in [0.3, 0.4) is 0 Å². The van der Waals surface area contributed by atoms with E-state index in [0.29, 0.717) is 39.2 Å². The zero-order valence-corrected chi connectivity index (χ0v) is 22.5. The van der Waals surface area contributed by atoms with Crippen LogP contribution >= 0.6 is 23.4 Å². The van der Waals surface area contributed by atoms with Crippen molar-refractivity contribution in [3.05, 3.63) is 99.3 Å². The Hall–Kier alpha value is -3.09. The van der Waals surface area contributed by atoms with E-state index in [1.165, 1.54) is 17.3 Å². The standard InChI is InChI=1S/C29H30ClN3O2S/c1-5-19(2)22-11-14-24(15-12-22)33-28(35)25-17-23(30)13-16-26(25)31-29(33)36-20(3)27(34)32(4)18-21-9-7-6-8-10-21/h6-17,19-20H,5,18H2,1-4H3/t19-,20-/m0/s1. The Morgan fingerprint density at radius 3 is 2.42 bits per heavy atom. The number of benzene rings is 3. The molecule has 0 saturated heterocycles. The van der Waals surface area contributed by atoms with E-state index >= 15 is 0 Å². The minimum atomic E-state index is -0.444. The van der Waals surface area contributed by atoms with E-state index in [0.717, 1.165) is 12.0 Å². The summed E-state index contributed by atoms with van der Waals surface area (Å²) in [6.07, 6.45) is 1.03. The number of halogens is 1. The summed E-state index contributed by atoms with van der Waals surface area (Å²) in [5.74, 6) is 0.393.